The van der Waals surface area contributed by atoms with Gasteiger partial charge in [-0.25, -0.2) is 0 Å². The first-order valence-electron chi connectivity index (χ1n) is 4.29. The van der Waals surface area contributed by atoms with Gasteiger partial charge in [0.25, 0.3) is 0 Å². The Labute approximate surface area is 86.2 Å². The summed E-state index contributed by atoms with van der Waals surface area (Å²) in [4.78, 5) is 11.2. The van der Waals surface area contributed by atoms with Crippen molar-refractivity contribution in [3.8, 4) is 0 Å². The third-order valence-electron chi connectivity index (χ3n) is 1.69. The Morgan fingerprint density at radius 3 is 3.00 bits per heavy atom. The molecule has 1 heterocycles. The minimum Gasteiger partial charge on any atom is -0.394 e. The number of amides is 1. The number of hydrogen-bond acceptors (Lipinski definition) is 4. The molecular weight excluding hydrogens is 202 g/mol. The number of thiophene rings is 1. The van der Waals surface area contributed by atoms with Crippen LogP contribution in [0.1, 0.15) is 5.56 Å². The third kappa shape index (κ3) is 3.87. The van der Waals surface area contributed by atoms with Gasteiger partial charge in [-0.15, -0.1) is 0 Å². The van der Waals surface area contributed by atoms with E-state index in [4.69, 9.17) is 10.2 Å². The lowest BCUT2D eigenvalue weighted by Gasteiger charge is -2.08. The Balaban J connectivity index is 2.23. The lowest BCUT2D eigenvalue weighted by atomic mass is 10.2. The highest BCUT2D eigenvalue weighted by Crippen LogP contribution is 2.06. The molecule has 0 fully saturated rings. The second-order valence-corrected chi connectivity index (χ2v) is 3.73. The van der Waals surface area contributed by atoms with E-state index in [1.54, 1.807) is 11.3 Å². The van der Waals surface area contributed by atoms with Crippen LogP contribution in [0.4, 0.5) is 0 Å². The SMILES string of the molecule is O=C(Cc1ccsc1)NCC(O)CO. The van der Waals surface area contributed by atoms with Crippen LogP contribution in [0, 0.1) is 0 Å². The van der Waals surface area contributed by atoms with Crippen molar-refractivity contribution < 1.29 is 15.0 Å². The van der Waals surface area contributed by atoms with Gasteiger partial charge in [0, 0.05) is 6.54 Å². The normalized spacial score (nSPS) is 12.4. The molecule has 1 atom stereocenters. The molecular formula is C9H13NO3S. The summed E-state index contributed by atoms with van der Waals surface area (Å²) < 4.78 is 0. The zero-order valence-corrected chi connectivity index (χ0v) is 8.46. The van der Waals surface area contributed by atoms with Gasteiger partial charge in [0.1, 0.15) is 0 Å². The first kappa shape index (κ1) is 11.2. The largest absolute Gasteiger partial charge is 0.394 e. The Kier molecular flexibility index (Phi) is 4.58. The number of rotatable bonds is 5. The predicted octanol–water partition coefficient (Wildman–Crippen LogP) is -0.240. The van der Waals surface area contributed by atoms with Gasteiger partial charge < -0.3 is 15.5 Å². The average molecular weight is 215 g/mol. The fourth-order valence-corrected chi connectivity index (χ4v) is 1.61. The molecule has 1 rings (SSSR count). The van der Waals surface area contributed by atoms with Crippen LogP contribution in [0.5, 0.6) is 0 Å². The number of carbonyl (C=O) groups excluding carboxylic acids is 1. The molecule has 1 aromatic rings. The molecule has 1 amide bonds. The standard InChI is InChI=1S/C9H13NO3S/c11-5-8(12)4-10-9(13)3-7-1-2-14-6-7/h1-2,6,8,11-12H,3-5H2,(H,10,13). The van der Waals surface area contributed by atoms with Crippen molar-refractivity contribution in [2.75, 3.05) is 13.2 Å². The van der Waals surface area contributed by atoms with Crippen LogP contribution in [0.15, 0.2) is 16.8 Å². The lowest BCUT2D eigenvalue weighted by molar-refractivity contribution is -0.121. The molecule has 0 aromatic carbocycles. The molecule has 5 heteroatoms. The maximum absolute atomic E-state index is 11.2. The monoisotopic (exact) mass is 215 g/mol. The van der Waals surface area contributed by atoms with Crippen LogP contribution in [0.2, 0.25) is 0 Å². The van der Waals surface area contributed by atoms with E-state index in [2.05, 4.69) is 5.32 Å². The van der Waals surface area contributed by atoms with Gasteiger partial charge >= 0.3 is 0 Å². The quantitative estimate of drug-likeness (QED) is 0.635. The van der Waals surface area contributed by atoms with E-state index >= 15 is 0 Å². The van der Waals surface area contributed by atoms with Gasteiger partial charge in [-0.2, -0.15) is 11.3 Å². The Hall–Kier alpha value is -0.910. The highest BCUT2D eigenvalue weighted by Gasteiger charge is 2.06. The van der Waals surface area contributed by atoms with Crippen molar-refractivity contribution in [1.82, 2.24) is 5.32 Å². The topological polar surface area (TPSA) is 69.6 Å². The Bertz CT molecular complexity index is 274. The molecule has 0 saturated carbocycles. The summed E-state index contributed by atoms with van der Waals surface area (Å²) in [6.07, 6.45) is -0.553. The highest BCUT2D eigenvalue weighted by molar-refractivity contribution is 7.07. The number of carbonyl (C=O) groups is 1. The molecule has 0 aliphatic carbocycles. The zero-order chi connectivity index (χ0) is 10.4. The maximum atomic E-state index is 11.2. The van der Waals surface area contributed by atoms with Crippen molar-refractivity contribution in [3.63, 3.8) is 0 Å². The second-order valence-electron chi connectivity index (χ2n) is 2.95. The Morgan fingerprint density at radius 1 is 1.64 bits per heavy atom. The summed E-state index contributed by atoms with van der Waals surface area (Å²) in [5, 5.41) is 23.8. The molecule has 4 nitrogen and oxygen atoms in total. The van der Waals surface area contributed by atoms with Gasteiger partial charge in [0.2, 0.25) is 5.91 Å². The summed E-state index contributed by atoms with van der Waals surface area (Å²) in [6, 6.07) is 1.88. The van der Waals surface area contributed by atoms with E-state index in [1.165, 1.54) is 0 Å². The lowest BCUT2D eigenvalue weighted by Crippen LogP contribution is -2.34. The molecule has 0 saturated heterocycles. The van der Waals surface area contributed by atoms with Crippen LogP contribution in [0.25, 0.3) is 0 Å². The van der Waals surface area contributed by atoms with E-state index < -0.39 is 6.10 Å². The van der Waals surface area contributed by atoms with Crippen molar-refractivity contribution in [2.45, 2.75) is 12.5 Å². The second kappa shape index (κ2) is 5.74. The van der Waals surface area contributed by atoms with Gasteiger partial charge in [-0.3, -0.25) is 4.79 Å². The fourth-order valence-electron chi connectivity index (χ4n) is 0.937. The van der Waals surface area contributed by atoms with Crippen molar-refractivity contribution in [2.24, 2.45) is 0 Å². The van der Waals surface area contributed by atoms with Gasteiger partial charge in [-0.1, -0.05) is 0 Å². The minimum atomic E-state index is -0.874. The molecule has 14 heavy (non-hydrogen) atoms. The smallest absolute Gasteiger partial charge is 0.224 e. The minimum absolute atomic E-state index is 0.0967. The maximum Gasteiger partial charge on any atom is 0.224 e. The molecule has 0 spiro atoms. The van der Waals surface area contributed by atoms with Gasteiger partial charge in [0.15, 0.2) is 0 Å². The Morgan fingerprint density at radius 2 is 2.43 bits per heavy atom. The van der Waals surface area contributed by atoms with Crippen LogP contribution in [-0.4, -0.2) is 35.4 Å². The summed E-state index contributed by atoms with van der Waals surface area (Å²) in [5.41, 5.74) is 0.964. The van der Waals surface area contributed by atoms with E-state index in [9.17, 15) is 4.79 Å². The summed E-state index contributed by atoms with van der Waals surface area (Å²) in [5.74, 6) is -0.143. The van der Waals surface area contributed by atoms with Crippen molar-refractivity contribution in [3.05, 3.63) is 22.4 Å². The third-order valence-corrected chi connectivity index (χ3v) is 2.42. The zero-order valence-electron chi connectivity index (χ0n) is 7.64. The van der Waals surface area contributed by atoms with Crippen LogP contribution in [0.3, 0.4) is 0 Å². The predicted molar refractivity (Wildman–Crippen MR) is 54.1 cm³/mol. The van der Waals surface area contributed by atoms with Crippen molar-refractivity contribution >= 4 is 17.2 Å². The average Bonchev–Trinajstić information content (AvgIpc) is 2.66. The first-order valence-corrected chi connectivity index (χ1v) is 5.23. The number of aliphatic hydroxyl groups is 2. The van der Waals surface area contributed by atoms with Gasteiger partial charge in [0.05, 0.1) is 19.1 Å². The molecule has 0 aliphatic heterocycles. The number of hydrogen-bond donors (Lipinski definition) is 3. The number of nitrogens with one attached hydrogen (secondary N) is 1. The molecule has 0 bridgehead atoms. The van der Waals surface area contributed by atoms with Crippen molar-refractivity contribution in [1.29, 1.82) is 0 Å². The number of aliphatic hydroxyl groups excluding tert-OH is 2. The molecule has 0 radical (unpaired) electrons. The van der Waals surface area contributed by atoms with Gasteiger partial charge in [-0.05, 0) is 22.4 Å². The molecule has 0 aliphatic rings. The van der Waals surface area contributed by atoms with E-state index in [-0.39, 0.29) is 19.1 Å². The summed E-state index contributed by atoms with van der Waals surface area (Å²) in [7, 11) is 0. The van der Waals surface area contributed by atoms with Crippen LogP contribution in [-0.2, 0) is 11.2 Å². The fraction of sp³-hybridized carbons (Fsp3) is 0.444. The highest BCUT2D eigenvalue weighted by atomic mass is 32.1. The first-order chi connectivity index (χ1) is 6.72. The van der Waals surface area contributed by atoms with Crippen LogP contribution < -0.4 is 5.32 Å². The molecule has 78 valence electrons. The molecule has 3 N–H and O–H groups in total. The summed E-state index contributed by atoms with van der Waals surface area (Å²) in [6.45, 7) is -0.238. The molecule has 1 unspecified atom stereocenters. The van der Waals surface area contributed by atoms with E-state index in [0.717, 1.165) is 5.56 Å². The van der Waals surface area contributed by atoms with E-state index in [0.29, 0.717) is 6.42 Å². The van der Waals surface area contributed by atoms with E-state index in [1.807, 2.05) is 16.8 Å². The summed E-state index contributed by atoms with van der Waals surface area (Å²) >= 11 is 1.54. The molecule has 1 aromatic heterocycles. The van der Waals surface area contributed by atoms with Crippen LogP contribution >= 0.6 is 11.3 Å².